The molecule has 1 aliphatic rings. The summed E-state index contributed by atoms with van der Waals surface area (Å²) < 4.78 is 26.9. The van der Waals surface area contributed by atoms with Gasteiger partial charge in [0.15, 0.2) is 11.6 Å². The fourth-order valence-corrected chi connectivity index (χ4v) is 5.05. The number of nitrogens with one attached hydrogen (secondary N) is 1. The van der Waals surface area contributed by atoms with E-state index < -0.39 is 5.82 Å². The van der Waals surface area contributed by atoms with Crippen molar-refractivity contribution in [2.45, 2.75) is 25.9 Å². The van der Waals surface area contributed by atoms with E-state index in [4.69, 9.17) is 26.1 Å². The van der Waals surface area contributed by atoms with Crippen molar-refractivity contribution in [2.75, 3.05) is 44.8 Å². The van der Waals surface area contributed by atoms with Crippen LogP contribution in [0.2, 0.25) is 5.15 Å². The van der Waals surface area contributed by atoms with Crippen LogP contribution in [0.1, 0.15) is 17.5 Å². The van der Waals surface area contributed by atoms with Gasteiger partial charge in [0.1, 0.15) is 29.7 Å². The van der Waals surface area contributed by atoms with Crippen LogP contribution in [0.3, 0.4) is 0 Å². The Balaban J connectivity index is 1.27. The number of carbonyl (C=O) groups excluding carboxylic acids is 1. The van der Waals surface area contributed by atoms with Crippen molar-refractivity contribution in [1.29, 1.82) is 0 Å². The fourth-order valence-electron chi connectivity index (χ4n) is 4.87. The summed E-state index contributed by atoms with van der Waals surface area (Å²) in [5.41, 5.74) is 1.95. The molecule has 2 aromatic carbocycles. The van der Waals surface area contributed by atoms with Crippen molar-refractivity contribution in [3.8, 4) is 17.4 Å². The van der Waals surface area contributed by atoms with E-state index in [0.29, 0.717) is 56.2 Å². The zero-order chi connectivity index (χ0) is 29.5. The van der Waals surface area contributed by atoms with E-state index >= 15 is 0 Å². The molecule has 220 valence electrons. The topological polar surface area (TPSA) is 97.6 Å². The third-order valence-electron chi connectivity index (χ3n) is 7.07. The van der Waals surface area contributed by atoms with E-state index in [0.717, 1.165) is 16.9 Å². The largest absolute Gasteiger partial charge is 0.494 e. The molecule has 0 spiro atoms. The predicted molar refractivity (Wildman–Crippen MR) is 158 cm³/mol. The molecule has 1 fully saturated rings. The number of halogens is 2. The Bertz CT molecular complexity index is 1490. The first kappa shape index (κ1) is 29.3. The predicted octanol–water partition coefficient (Wildman–Crippen LogP) is 4.05. The standard InChI is InChI=1S/C30H33ClFN7O3/c1-21-3-6-24(7-4-21)42-14-10-34-29(40)16-23-19-38(28-17-27(31)35-30(36-28)39-11-9-33-20-39)13-12-37(23)18-22-5-8-26(41-2)25(32)15-22/h3-9,11,15,17,20,23H,10,12-14,16,18-19H2,1-2H3,(H,34,40). The highest BCUT2D eigenvalue weighted by Crippen LogP contribution is 2.25. The molecule has 0 saturated carbocycles. The van der Waals surface area contributed by atoms with Gasteiger partial charge in [0.25, 0.3) is 0 Å². The third kappa shape index (κ3) is 7.54. The normalized spacial score (nSPS) is 15.4. The van der Waals surface area contributed by atoms with Crippen molar-refractivity contribution < 1.29 is 18.7 Å². The number of methoxy groups -OCH3 is 1. The van der Waals surface area contributed by atoms with Crippen molar-refractivity contribution in [3.05, 3.63) is 89.3 Å². The summed E-state index contributed by atoms with van der Waals surface area (Å²) in [7, 11) is 1.44. The molecule has 4 aromatic rings. The fraction of sp³-hybridized carbons (Fsp3) is 0.333. The van der Waals surface area contributed by atoms with Gasteiger partial charge in [0.2, 0.25) is 11.9 Å². The molecule has 12 heteroatoms. The van der Waals surface area contributed by atoms with Crippen LogP contribution >= 0.6 is 11.6 Å². The van der Waals surface area contributed by atoms with E-state index in [-0.39, 0.29) is 24.1 Å². The van der Waals surface area contributed by atoms with Crippen molar-refractivity contribution in [2.24, 2.45) is 0 Å². The highest BCUT2D eigenvalue weighted by Gasteiger charge is 2.30. The molecular formula is C30H33ClFN7O3. The summed E-state index contributed by atoms with van der Waals surface area (Å²) in [5.74, 6) is 1.51. The molecule has 10 nitrogen and oxygen atoms in total. The summed E-state index contributed by atoms with van der Waals surface area (Å²) >= 11 is 6.36. The van der Waals surface area contributed by atoms with Gasteiger partial charge >= 0.3 is 0 Å². The average molecular weight is 594 g/mol. The van der Waals surface area contributed by atoms with E-state index in [9.17, 15) is 9.18 Å². The lowest BCUT2D eigenvalue weighted by atomic mass is 10.1. The zero-order valence-corrected chi connectivity index (χ0v) is 24.3. The number of imidazole rings is 1. The molecule has 0 aliphatic carbocycles. The highest BCUT2D eigenvalue weighted by atomic mass is 35.5. The lowest BCUT2D eigenvalue weighted by molar-refractivity contribution is -0.122. The first-order chi connectivity index (χ1) is 20.4. The SMILES string of the molecule is COc1ccc(CN2CCN(c3cc(Cl)nc(-n4ccnc4)n3)CC2CC(=O)NCCOc2ccc(C)cc2)cc1F. The minimum absolute atomic E-state index is 0.0971. The van der Waals surface area contributed by atoms with Crippen LogP contribution in [0.15, 0.2) is 67.3 Å². The van der Waals surface area contributed by atoms with Crippen LogP contribution in [0.4, 0.5) is 10.2 Å². The molecule has 5 rings (SSSR count). The van der Waals surface area contributed by atoms with E-state index in [1.807, 2.05) is 37.3 Å². The van der Waals surface area contributed by atoms with Gasteiger partial charge in [-0.05, 0) is 36.8 Å². The van der Waals surface area contributed by atoms with Gasteiger partial charge in [-0.25, -0.2) is 14.4 Å². The maximum atomic E-state index is 14.4. The number of benzene rings is 2. The van der Waals surface area contributed by atoms with Crippen molar-refractivity contribution in [1.82, 2.24) is 29.7 Å². The number of piperazine rings is 1. The van der Waals surface area contributed by atoms with E-state index in [2.05, 4.69) is 25.1 Å². The molecular weight excluding hydrogens is 561 g/mol. The van der Waals surface area contributed by atoms with Crippen LogP contribution in [-0.4, -0.2) is 76.3 Å². The molecule has 0 radical (unpaired) electrons. The summed E-state index contributed by atoms with van der Waals surface area (Å²) in [4.78, 5) is 30.4. The van der Waals surface area contributed by atoms with Gasteiger partial charge in [-0.1, -0.05) is 35.4 Å². The van der Waals surface area contributed by atoms with Gasteiger partial charge in [0.05, 0.1) is 13.7 Å². The van der Waals surface area contributed by atoms with Gasteiger partial charge in [0, 0.05) is 57.1 Å². The minimum Gasteiger partial charge on any atom is -0.494 e. The quantitative estimate of drug-likeness (QED) is 0.206. The molecule has 1 N–H and O–H groups in total. The number of aryl methyl sites for hydroxylation is 1. The van der Waals surface area contributed by atoms with E-state index in [1.54, 1.807) is 35.4 Å². The summed E-state index contributed by atoms with van der Waals surface area (Å²) in [6.45, 7) is 5.01. The number of hydrogen-bond acceptors (Lipinski definition) is 8. The number of amides is 1. The molecule has 1 unspecified atom stereocenters. The van der Waals surface area contributed by atoms with Crippen molar-refractivity contribution >= 4 is 23.3 Å². The Morgan fingerprint density at radius 2 is 1.98 bits per heavy atom. The Hall–Kier alpha value is -4.22. The Morgan fingerprint density at radius 1 is 1.14 bits per heavy atom. The number of nitrogens with zero attached hydrogens (tertiary/aromatic N) is 6. The maximum absolute atomic E-state index is 14.4. The summed E-state index contributed by atoms with van der Waals surface area (Å²) in [6.07, 6.45) is 5.24. The molecule has 1 aliphatic heterocycles. The van der Waals surface area contributed by atoms with Gasteiger partial charge in [-0.15, -0.1) is 0 Å². The molecule has 1 saturated heterocycles. The number of hydrogen-bond donors (Lipinski definition) is 1. The van der Waals surface area contributed by atoms with Crippen LogP contribution in [0, 0.1) is 12.7 Å². The zero-order valence-electron chi connectivity index (χ0n) is 23.5. The highest BCUT2D eigenvalue weighted by molar-refractivity contribution is 6.29. The lowest BCUT2D eigenvalue weighted by Gasteiger charge is -2.42. The molecule has 1 atom stereocenters. The van der Waals surface area contributed by atoms with Crippen molar-refractivity contribution in [3.63, 3.8) is 0 Å². The van der Waals surface area contributed by atoms with E-state index in [1.165, 1.54) is 13.2 Å². The Morgan fingerprint density at radius 3 is 2.71 bits per heavy atom. The smallest absolute Gasteiger partial charge is 0.238 e. The second kappa shape index (κ2) is 13.6. The number of carbonyl (C=O) groups is 1. The number of ether oxygens (including phenoxy) is 2. The van der Waals surface area contributed by atoms with Gasteiger partial charge < -0.3 is 19.7 Å². The Labute approximate surface area is 249 Å². The summed E-state index contributed by atoms with van der Waals surface area (Å²) in [5, 5.41) is 3.28. The second-order valence-corrected chi connectivity index (χ2v) is 10.5. The maximum Gasteiger partial charge on any atom is 0.238 e. The van der Waals surface area contributed by atoms with Crippen LogP contribution in [-0.2, 0) is 11.3 Å². The molecule has 0 bridgehead atoms. The van der Waals surface area contributed by atoms with Gasteiger partial charge in [-0.2, -0.15) is 4.98 Å². The van der Waals surface area contributed by atoms with Crippen LogP contribution < -0.4 is 19.7 Å². The molecule has 2 aromatic heterocycles. The molecule has 42 heavy (non-hydrogen) atoms. The first-order valence-electron chi connectivity index (χ1n) is 13.7. The van der Waals surface area contributed by atoms with Gasteiger partial charge in [-0.3, -0.25) is 14.3 Å². The Kier molecular flexibility index (Phi) is 9.50. The molecule has 1 amide bonds. The minimum atomic E-state index is -0.417. The average Bonchev–Trinajstić information content (AvgIpc) is 3.52. The molecule has 3 heterocycles. The number of rotatable bonds is 11. The number of aromatic nitrogens is 4. The second-order valence-electron chi connectivity index (χ2n) is 10.1. The lowest BCUT2D eigenvalue weighted by Crippen LogP contribution is -2.54. The van der Waals surface area contributed by atoms with Crippen LogP contribution in [0.25, 0.3) is 5.95 Å². The monoisotopic (exact) mass is 593 g/mol. The number of anilines is 1. The van der Waals surface area contributed by atoms with Crippen LogP contribution in [0.5, 0.6) is 11.5 Å². The summed E-state index contributed by atoms with van der Waals surface area (Å²) in [6, 6.07) is 14.3. The first-order valence-corrected chi connectivity index (χ1v) is 14.1. The third-order valence-corrected chi connectivity index (χ3v) is 7.26.